The van der Waals surface area contributed by atoms with Crippen LogP contribution in [0, 0.1) is 0 Å². The monoisotopic (exact) mass is 399 g/mol. The number of rotatable bonds is 6. The van der Waals surface area contributed by atoms with Gasteiger partial charge >= 0.3 is 0 Å². The Labute approximate surface area is 166 Å². The molecule has 1 N–H and O–H groups in total. The van der Waals surface area contributed by atoms with Gasteiger partial charge in [-0.25, -0.2) is 0 Å². The Hall–Kier alpha value is -2.82. The molecule has 136 valence electrons. The molecule has 3 aromatic carbocycles. The van der Waals surface area contributed by atoms with Gasteiger partial charge in [0.15, 0.2) is 6.61 Å². The van der Waals surface area contributed by atoms with E-state index in [0.29, 0.717) is 27.6 Å². The first-order chi connectivity index (χ1) is 13.0. The average Bonchev–Trinajstić information content (AvgIpc) is 2.68. The molecule has 27 heavy (non-hydrogen) atoms. The van der Waals surface area contributed by atoms with E-state index in [1.165, 1.54) is 6.07 Å². The zero-order chi connectivity index (χ0) is 19.2. The summed E-state index contributed by atoms with van der Waals surface area (Å²) in [6, 6.07) is 20.4. The van der Waals surface area contributed by atoms with Crippen LogP contribution < -0.4 is 10.1 Å². The van der Waals surface area contributed by atoms with Gasteiger partial charge < -0.3 is 10.1 Å². The van der Waals surface area contributed by atoms with Crippen molar-refractivity contribution in [2.75, 3.05) is 11.9 Å². The van der Waals surface area contributed by atoms with Gasteiger partial charge in [-0.1, -0.05) is 41.4 Å². The maximum atomic E-state index is 12.2. The van der Waals surface area contributed by atoms with E-state index in [9.17, 15) is 9.59 Å². The Balaban J connectivity index is 1.57. The molecule has 3 aromatic rings. The standard InChI is InChI=1S/C21H15Cl2NO3/c22-15-6-11-18(19(23)12-15)20(25)13-27-17-9-7-16(8-10-17)24-21(26)14-4-2-1-3-5-14/h1-12H,13H2,(H,24,26). The molecule has 0 aliphatic carbocycles. The molecule has 0 saturated carbocycles. The summed E-state index contributed by atoms with van der Waals surface area (Å²) in [5, 5.41) is 3.55. The van der Waals surface area contributed by atoms with Gasteiger partial charge in [-0.15, -0.1) is 0 Å². The summed E-state index contributed by atoms with van der Waals surface area (Å²) < 4.78 is 5.50. The molecule has 6 heteroatoms. The van der Waals surface area contributed by atoms with Crippen LogP contribution in [0.4, 0.5) is 5.69 Å². The predicted molar refractivity (Wildman–Crippen MR) is 107 cm³/mol. The van der Waals surface area contributed by atoms with Gasteiger partial charge in [-0.2, -0.15) is 0 Å². The zero-order valence-electron chi connectivity index (χ0n) is 14.1. The fourth-order valence-electron chi connectivity index (χ4n) is 2.37. The summed E-state index contributed by atoms with van der Waals surface area (Å²) in [6.45, 7) is -0.156. The minimum absolute atomic E-state index is 0.156. The van der Waals surface area contributed by atoms with Gasteiger partial charge in [0.25, 0.3) is 5.91 Å². The third-order valence-corrected chi connectivity index (χ3v) is 4.30. The molecule has 0 aliphatic heterocycles. The first kappa shape index (κ1) is 19.0. The summed E-state index contributed by atoms with van der Waals surface area (Å²) >= 11 is 11.9. The second-order valence-corrected chi connectivity index (χ2v) is 6.52. The van der Waals surface area contributed by atoms with E-state index in [1.54, 1.807) is 60.7 Å². The minimum atomic E-state index is -0.252. The Kier molecular flexibility index (Phi) is 6.12. The van der Waals surface area contributed by atoms with Crippen molar-refractivity contribution >= 4 is 40.6 Å². The fourth-order valence-corrected chi connectivity index (χ4v) is 2.88. The van der Waals surface area contributed by atoms with Crippen molar-refractivity contribution in [3.8, 4) is 5.75 Å². The Morgan fingerprint density at radius 1 is 0.889 bits per heavy atom. The van der Waals surface area contributed by atoms with Crippen molar-refractivity contribution in [2.45, 2.75) is 0 Å². The largest absolute Gasteiger partial charge is 0.485 e. The lowest BCUT2D eigenvalue weighted by Gasteiger charge is -2.09. The predicted octanol–water partition coefficient (Wildman–Crippen LogP) is 5.51. The second-order valence-electron chi connectivity index (χ2n) is 5.68. The van der Waals surface area contributed by atoms with Crippen LogP contribution in [0.2, 0.25) is 10.0 Å². The maximum absolute atomic E-state index is 12.2. The lowest BCUT2D eigenvalue weighted by Crippen LogP contribution is -2.13. The highest BCUT2D eigenvalue weighted by Crippen LogP contribution is 2.22. The van der Waals surface area contributed by atoms with Crippen molar-refractivity contribution in [3.05, 3.63) is 94.0 Å². The lowest BCUT2D eigenvalue weighted by molar-refractivity contribution is 0.0921. The summed E-state index contributed by atoms with van der Waals surface area (Å²) in [5.41, 5.74) is 1.55. The number of halogens is 2. The molecular weight excluding hydrogens is 385 g/mol. The number of Topliss-reactive ketones (excluding diaryl/α,β-unsaturated/α-hetero) is 1. The van der Waals surface area contributed by atoms with Gasteiger partial charge in [0.05, 0.1) is 5.02 Å². The van der Waals surface area contributed by atoms with Crippen molar-refractivity contribution < 1.29 is 14.3 Å². The molecular formula is C21H15Cl2NO3. The topological polar surface area (TPSA) is 55.4 Å². The molecule has 0 saturated heterocycles. The summed E-state index contributed by atoms with van der Waals surface area (Å²) in [7, 11) is 0. The van der Waals surface area contributed by atoms with Crippen molar-refractivity contribution in [1.29, 1.82) is 0 Å². The second kappa shape index (κ2) is 8.71. The van der Waals surface area contributed by atoms with Crippen LogP contribution in [0.3, 0.4) is 0 Å². The van der Waals surface area contributed by atoms with Gasteiger partial charge in [0.1, 0.15) is 5.75 Å². The van der Waals surface area contributed by atoms with Gasteiger partial charge in [-0.05, 0) is 54.6 Å². The number of carbonyl (C=O) groups excluding carboxylic acids is 2. The van der Waals surface area contributed by atoms with E-state index < -0.39 is 0 Å². The molecule has 0 spiro atoms. The number of ether oxygens (including phenoxy) is 1. The number of carbonyl (C=O) groups is 2. The van der Waals surface area contributed by atoms with Gasteiger partial charge in [0, 0.05) is 21.8 Å². The molecule has 0 unspecified atom stereocenters. The van der Waals surface area contributed by atoms with Crippen LogP contribution in [0.15, 0.2) is 72.8 Å². The summed E-state index contributed by atoms with van der Waals surface area (Å²) in [4.78, 5) is 24.3. The molecule has 3 rings (SSSR count). The number of benzene rings is 3. The number of hydrogen-bond donors (Lipinski definition) is 1. The highest BCUT2D eigenvalue weighted by molar-refractivity contribution is 6.36. The lowest BCUT2D eigenvalue weighted by atomic mass is 10.1. The van der Waals surface area contributed by atoms with E-state index >= 15 is 0 Å². The Morgan fingerprint density at radius 3 is 2.26 bits per heavy atom. The van der Waals surface area contributed by atoms with Crippen LogP contribution in [0.25, 0.3) is 0 Å². The van der Waals surface area contributed by atoms with Crippen LogP contribution in [0.1, 0.15) is 20.7 Å². The van der Waals surface area contributed by atoms with Gasteiger partial charge in [0.2, 0.25) is 5.78 Å². The number of nitrogens with one attached hydrogen (secondary N) is 1. The minimum Gasteiger partial charge on any atom is -0.485 e. The normalized spacial score (nSPS) is 10.3. The quantitative estimate of drug-likeness (QED) is 0.556. The van der Waals surface area contributed by atoms with E-state index in [0.717, 1.165) is 0 Å². The smallest absolute Gasteiger partial charge is 0.255 e. The average molecular weight is 400 g/mol. The first-order valence-electron chi connectivity index (χ1n) is 8.10. The third kappa shape index (κ3) is 5.09. The SMILES string of the molecule is O=C(Nc1ccc(OCC(=O)c2ccc(Cl)cc2Cl)cc1)c1ccccc1. The highest BCUT2D eigenvalue weighted by Gasteiger charge is 2.12. The van der Waals surface area contributed by atoms with Gasteiger partial charge in [-0.3, -0.25) is 9.59 Å². The molecule has 1 amide bonds. The first-order valence-corrected chi connectivity index (χ1v) is 8.86. The Morgan fingerprint density at radius 2 is 1.59 bits per heavy atom. The van der Waals surface area contributed by atoms with E-state index in [1.807, 2.05) is 6.07 Å². The molecule has 0 aliphatic rings. The molecule has 0 heterocycles. The van der Waals surface area contributed by atoms with Crippen LogP contribution in [0.5, 0.6) is 5.75 Å². The Bertz CT molecular complexity index is 957. The molecule has 0 fully saturated rings. The van der Waals surface area contributed by atoms with E-state index in [-0.39, 0.29) is 23.3 Å². The number of ketones is 1. The highest BCUT2D eigenvalue weighted by atomic mass is 35.5. The fraction of sp³-hybridized carbons (Fsp3) is 0.0476. The number of amides is 1. The summed E-state index contributed by atoms with van der Waals surface area (Å²) in [5.74, 6) is 0.0566. The zero-order valence-corrected chi connectivity index (χ0v) is 15.6. The molecule has 0 atom stereocenters. The van der Waals surface area contributed by atoms with Crippen LogP contribution in [-0.4, -0.2) is 18.3 Å². The molecule has 0 bridgehead atoms. The molecule has 4 nitrogen and oxygen atoms in total. The van der Waals surface area contributed by atoms with Crippen molar-refractivity contribution in [2.24, 2.45) is 0 Å². The number of hydrogen-bond acceptors (Lipinski definition) is 3. The van der Waals surface area contributed by atoms with Crippen molar-refractivity contribution in [3.63, 3.8) is 0 Å². The van der Waals surface area contributed by atoms with Crippen LogP contribution in [-0.2, 0) is 0 Å². The number of anilines is 1. The molecule has 0 radical (unpaired) electrons. The maximum Gasteiger partial charge on any atom is 0.255 e. The van der Waals surface area contributed by atoms with Crippen LogP contribution >= 0.6 is 23.2 Å². The molecule has 0 aromatic heterocycles. The van der Waals surface area contributed by atoms with E-state index in [4.69, 9.17) is 27.9 Å². The van der Waals surface area contributed by atoms with E-state index in [2.05, 4.69) is 5.32 Å². The summed E-state index contributed by atoms with van der Waals surface area (Å²) in [6.07, 6.45) is 0. The van der Waals surface area contributed by atoms with Crippen molar-refractivity contribution in [1.82, 2.24) is 0 Å². The third-order valence-electron chi connectivity index (χ3n) is 3.75.